The molecule has 0 aliphatic carbocycles. The van der Waals surface area contributed by atoms with Crippen LogP contribution in [0.1, 0.15) is 23.1 Å². The number of halogens is 2. The van der Waals surface area contributed by atoms with E-state index in [4.69, 9.17) is 0 Å². The zero-order valence-electron chi connectivity index (χ0n) is 16.6. The van der Waals surface area contributed by atoms with Gasteiger partial charge in [-0.05, 0) is 37.4 Å². The summed E-state index contributed by atoms with van der Waals surface area (Å²) in [4.78, 5) is 6.34. The lowest BCUT2D eigenvalue weighted by atomic mass is 10.0. The smallest absolute Gasteiger partial charge is 0.191 e. The van der Waals surface area contributed by atoms with Gasteiger partial charge in [-0.1, -0.05) is 42.5 Å². The van der Waals surface area contributed by atoms with Gasteiger partial charge in [-0.2, -0.15) is 0 Å². The fourth-order valence-electron chi connectivity index (χ4n) is 2.93. The average Bonchev–Trinajstić information content (AvgIpc) is 2.69. The number of hydrogen-bond donors (Lipinski definition) is 3. The zero-order chi connectivity index (χ0) is 19.6. The Balaban J connectivity index is 0.00000392. The topological polar surface area (TPSA) is 59.9 Å². The maximum atomic E-state index is 13.2. The summed E-state index contributed by atoms with van der Waals surface area (Å²) in [5.41, 5.74) is 2.11. The van der Waals surface area contributed by atoms with Gasteiger partial charge in [0.25, 0.3) is 0 Å². The van der Waals surface area contributed by atoms with Crippen LogP contribution >= 0.6 is 24.0 Å². The molecule has 0 radical (unpaired) electrons. The summed E-state index contributed by atoms with van der Waals surface area (Å²) in [5, 5.41) is 16.3. The molecule has 0 spiro atoms. The molecule has 0 aliphatic rings. The van der Waals surface area contributed by atoms with Crippen LogP contribution in [-0.4, -0.2) is 56.8 Å². The van der Waals surface area contributed by atoms with Gasteiger partial charge in [0.15, 0.2) is 5.96 Å². The maximum absolute atomic E-state index is 13.2. The summed E-state index contributed by atoms with van der Waals surface area (Å²) in [6.07, 6.45) is 0. The Kier molecular flexibility index (Phi) is 11.0. The summed E-state index contributed by atoms with van der Waals surface area (Å²) in [6.45, 7) is 1.25. The Bertz CT molecular complexity index is 710. The minimum atomic E-state index is -0.238. The van der Waals surface area contributed by atoms with E-state index in [0.29, 0.717) is 19.0 Å². The Hall–Kier alpha value is -1.71. The number of nitrogens with one attached hydrogen (secondary N) is 2. The van der Waals surface area contributed by atoms with E-state index in [1.54, 1.807) is 19.2 Å². The van der Waals surface area contributed by atoms with Crippen molar-refractivity contribution in [2.45, 2.75) is 12.0 Å². The minimum Gasteiger partial charge on any atom is -0.396 e. The molecule has 0 saturated carbocycles. The van der Waals surface area contributed by atoms with Crippen molar-refractivity contribution in [3.05, 3.63) is 71.5 Å². The second-order valence-corrected chi connectivity index (χ2v) is 6.66. The molecule has 0 aliphatic heterocycles. The van der Waals surface area contributed by atoms with E-state index in [1.807, 2.05) is 44.4 Å². The van der Waals surface area contributed by atoms with Crippen molar-refractivity contribution in [1.82, 2.24) is 15.5 Å². The lowest BCUT2D eigenvalue weighted by molar-refractivity contribution is 0.264. The van der Waals surface area contributed by atoms with Crippen LogP contribution in [0.15, 0.2) is 59.6 Å². The van der Waals surface area contributed by atoms with E-state index >= 15 is 0 Å². The number of rotatable bonds is 8. The van der Waals surface area contributed by atoms with E-state index in [0.717, 1.165) is 11.1 Å². The van der Waals surface area contributed by atoms with E-state index in [1.165, 1.54) is 12.1 Å². The van der Waals surface area contributed by atoms with Crippen LogP contribution in [0.4, 0.5) is 4.39 Å². The van der Waals surface area contributed by atoms with Crippen LogP contribution in [-0.2, 0) is 0 Å². The van der Waals surface area contributed by atoms with E-state index in [2.05, 4.69) is 20.5 Å². The zero-order valence-corrected chi connectivity index (χ0v) is 18.9. The quantitative estimate of drug-likeness (QED) is 0.297. The molecule has 154 valence electrons. The third-order valence-corrected chi connectivity index (χ3v) is 4.57. The van der Waals surface area contributed by atoms with Gasteiger partial charge in [0.05, 0.1) is 12.6 Å². The number of benzene rings is 2. The highest BCUT2D eigenvalue weighted by atomic mass is 127. The Morgan fingerprint density at radius 1 is 1.00 bits per heavy atom. The SMILES string of the molecule is CN=C(NCC(CO)c1ccccc1)NCC(c1ccc(F)cc1)N(C)C.I. The number of aliphatic hydroxyl groups excluding tert-OH is 1. The van der Waals surface area contributed by atoms with Crippen LogP contribution in [0.25, 0.3) is 0 Å². The standard InChI is InChI=1S/C21H29FN4O.HI/c1-23-21(24-13-18(15-27)16-7-5-4-6-8-16)25-14-20(26(2)3)17-9-11-19(22)12-10-17;/h4-12,18,20,27H,13-15H2,1-3H3,(H2,23,24,25);1H. The number of aliphatic imine (C=N–C) groups is 1. The van der Waals surface area contributed by atoms with Crippen LogP contribution in [0.2, 0.25) is 0 Å². The molecule has 2 aromatic rings. The highest BCUT2D eigenvalue weighted by molar-refractivity contribution is 14.0. The van der Waals surface area contributed by atoms with E-state index in [-0.39, 0.29) is 48.4 Å². The monoisotopic (exact) mass is 500 g/mol. The molecule has 0 amide bonds. The predicted octanol–water partition coefficient (Wildman–Crippen LogP) is 2.99. The lowest BCUT2D eigenvalue weighted by Crippen LogP contribution is -2.43. The van der Waals surface area contributed by atoms with Crippen LogP contribution in [0.3, 0.4) is 0 Å². The van der Waals surface area contributed by atoms with Gasteiger partial charge in [0.2, 0.25) is 0 Å². The summed E-state index contributed by atoms with van der Waals surface area (Å²) in [6, 6.07) is 16.5. The third kappa shape index (κ3) is 7.37. The number of nitrogens with zero attached hydrogens (tertiary/aromatic N) is 2. The van der Waals surface area contributed by atoms with Crippen molar-refractivity contribution in [2.75, 3.05) is 40.8 Å². The van der Waals surface area contributed by atoms with Gasteiger partial charge in [0, 0.05) is 26.1 Å². The molecule has 2 rings (SSSR count). The largest absolute Gasteiger partial charge is 0.396 e. The summed E-state index contributed by atoms with van der Waals surface area (Å²) in [5.74, 6) is 0.419. The first kappa shape index (κ1) is 24.3. The number of aliphatic hydroxyl groups is 1. The van der Waals surface area contributed by atoms with Crippen molar-refractivity contribution in [3.8, 4) is 0 Å². The van der Waals surface area contributed by atoms with Gasteiger partial charge in [-0.15, -0.1) is 24.0 Å². The summed E-state index contributed by atoms with van der Waals surface area (Å²) >= 11 is 0. The number of guanidine groups is 1. The molecule has 0 aromatic heterocycles. The second-order valence-electron chi connectivity index (χ2n) is 6.66. The first-order valence-electron chi connectivity index (χ1n) is 9.07. The normalized spacial score (nSPS) is 13.6. The van der Waals surface area contributed by atoms with Crippen LogP contribution in [0, 0.1) is 5.82 Å². The van der Waals surface area contributed by atoms with Gasteiger partial charge >= 0.3 is 0 Å². The molecule has 7 heteroatoms. The molecule has 2 unspecified atom stereocenters. The average molecular weight is 500 g/mol. The summed E-state index contributed by atoms with van der Waals surface area (Å²) < 4.78 is 13.2. The minimum absolute atomic E-state index is 0. The second kappa shape index (κ2) is 12.7. The molecule has 0 bridgehead atoms. The molecule has 0 fully saturated rings. The van der Waals surface area contributed by atoms with Crippen molar-refractivity contribution in [2.24, 2.45) is 4.99 Å². The lowest BCUT2D eigenvalue weighted by Gasteiger charge is -2.26. The van der Waals surface area contributed by atoms with Gasteiger partial charge in [-0.25, -0.2) is 4.39 Å². The fraction of sp³-hybridized carbons (Fsp3) is 0.381. The molecule has 28 heavy (non-hydrogen) atoms. The molecular formula is C21H30FIN4O. The maximum Gasteiger partial charge on any atom is 0.191 e. The Morgan fingerprint density at radius 3 is 2.14 bits per heavy atom. The Labute approximate surface area is 184 Å². The van der Waals surface area contributed by atoms with Crippen molar-refractivity contribution in [1.29, 1.82) is 0 Å². The van der Waals surface area contributed by atoms with Crippen LogP contribution in [0.5, 0.6) is 0 Å². The highest BCUT2D eigenvalue weighted by Crippen LogP contribution is 2.18. The number of likely N-dealkylation sites (N-methyl/N-ethyl adjacent to an activating group) is 1. The molecule has 2 aromatic carbocycles. The number of hydrogen-bond acceptors (Lipinski definition) is 3. The van der Waals surface area contributed by atoms with Gasteiger partial charge < -0.3 is 20.6 Å². The molecule has 3 N–H and O–H groups in total. The first-order chi connectivity index (χ1) is 13.0. The van der Waals surface area contributed by atoms with Crippen molar-refractivity contribution < 1.29 is 9.50 Å². The van der Waals surface area contributed by atoms with Gasteiger partial charge in [0.1, 0.15) is 5.82 Å². The van der Waals surface area contributed by atoms with Crippen molar-refractivity contribution in [3.63, 3.8) is 0 Å². The summed E-state index contributed by atoms with van der Waals surface area (Å²) in [7, 11) is 5.69. The van der Waals surface area contributed by atoms with E-state index < -0.39 is 0 Å². The Morgan fingerprint density at radius 2 is 1.61 bits per heavy atom. The third-order valence-electron chi connectivity index (χ3n) is 4.57. The molecule has 0 saturated heterocycles. The van der Waals surface area contributed by atoms with Crippen LogP contribution < -0.4 is 10.6 Å². The molecular weight excluding hydrogens is 470 g/mol. The first-order valence-corrected chi connectivity index (χ1v) is 9.07. The molecule has 0 heterocycles. The fourth-order valence-corrected chi connectivity index (χ4v) is 2.93. The van der Waals surface area contributed by atoms with Gasteiger partial charge in [-0.3, -0.25) is 4.99 Å². The highest BCUT2D eigenvalue weighted by Gasteiger charge is 2.16. The van der Waals surface area contributed by atoms with E-state index in [9.17, 15) is 9.50 Å². The predicted molar refractivity (Wildman–Crippen MR) is 124 cm³/mol. The molecule has 5 nitrogen and oxygen atoms in total. The van der Waals surface area contributed by atoms with Crippen molar-refractivity contribution >= 4 is 29.9 Å². The molecule has 2 atom stereocenters.